The van der Waals surface area contributed by atoms with Crippen LogP contribution in [0.2, 0.25) is 10.6 Å². The fourth-order valence-corrected chi connectivity index (χ4v) is 1.95. The van der Waals surface area contributed by atoms with Gasteiger partial charge in [0, 0.05) is 0 Å². The molecule has 0 spiro atoms. The topological polar surface area (TPSA) is 114 Å². The van der Waals surface area contributed by atoms with Crippen molar-refractivity contribution in [3.8, 4) is 18.0 Å². The molecule has 0 aromatic carbocycles. The van der Waals surface area contributed by atoms with Crippen molar-refractivity contribution in [1.29, 1.82) is 0 Å². The van der Waals surface area contributed by atoms with E-state index in [4.69, 9.17) is 42.1 Å². The SMILES string of the molecule is CCCOc1nc(Cl)nc(OCCOCCOc2nc(C)nc(Cl)n2)n1. The molecule has 0 radical (unpaired) electrons. The monoisotopic (exact) mass is 404 g/mol. The van der Waals surface area contributed by atoms with Gasteiger partial charge in [-0.25, -0.2) is 4.98 Å². The predicted octanol–water partition coefficient (Wildman–Crippen LogP) is 1.94. The minimum absolute atomic E-state index is 0.00160. The maximum Gasteiger partial charge on any atom is 0.324 e. The Morgan fingerprint density at radius 3 is 1.69 bits per heavy atom. The first kappa shape index (κ1) is 20.3. The molecule has 0 aliphatic rings. The average molecular weight is 405 g/mol. The minimum atomic E-state index is 0.00160. The molecule has 0 aliphatic carbocycles. The Morgan fingerprint density at radius 2 is 1.15 bits per heavy atom. The molecule has 0 unspecified atom stereocenters. The summed E-state index contributed by atoms with van der Waals surface area (Å²) in [5.74, 6) is 0.479. The van der Waals surface area contributed by atoms with Crippen molar-refractivity contribution < 1.29 is 18.9 Å². The van der Waals surface area contributed by atoms with Gasteiger partial charge in [0.25, 0.3) is 0 Å². The van der Waals surface area contributed by atoms with E-state index in [0.717, 1.165) is 6.42 Å². The Labute approximate surface area is 160 Å². The lowest BCUT2D eigenvalue weighted by Gasteiger charge is -2.08. The van der Waals surface area contributed by atoms with Crippen LogP contribution in [0, 0.1) is 6.92 Å². The van der Waals surface area contributed by atoms with E-state index in [1.54, 1.807) is 6.92 Å². The number of aryl methyl sites for hydroxylation is 1. The second kappa shape index (κ2) is 10.8. The third-order valence-electron chi connectivity index (χ3n) is 2.62. The summed E-state index contributed by atoms with van der Waals surface area (Å²) in [6, 6.07) is 0.357. The zero-order valence-electron chi connectivity index (χ0n) is 14.3. The summed E-state index contributed by atoms with van der Waals surface area (Å²) in [6.07, 6.45) is 0.825. The van der Waals surface area contributed by atoms with Crippen LogP contribution in [-0.2, 0) is 4.74 Å². The van der Waals surface area contributed by atoms with E-state index < -0.39 is 0 Å². The largest absolute Gasteiger partial charge is 0.463 e. The van der Waals surface area contributed by atoms with E-state index in [-0.39, 0.29) is 41.8 Å². The van der Waals surface area contributed by atoms with E-state index >= 15 is 0 Å². The average Bonchev–Trinajstić information content (AvgIpc) is 2.58. The lowest BCUT2D eigenvalue weighted by molar-refractivity contribution is 0.0713. The first-order chi connectivity index (χ1) is 12.6. The number of halogens is 2. The molecule has 0 fully saturated rings. The summed E-state index contributed by atoms with van der Waals surface area (Å²) < 4.78 is 21.4. The van der Waals surface area contributed by atoms with Crippen molar-refractivity contribution in [2.45, 2.75) is 20.3 Å². The van der Waals surface area contributed by atoms with Gasteiger partial charge in [0.2, 0.25) is 10.6 Å². The van der Waals surface area contributed by atoms with E-state index in [1.165, 1.54) is 0 Å². The smallest absolute Gasteiger partial charge is 0.324 e. The maximum atomic E-state index is 5.79. The Morgan fingerprint density at radius 1 is 0.654 bits per heavy atom. The predicted molar refractivity (Wildman–Crippen MR) is 92.0 cm³/mol. The van der Waals surface area contributed by atoms with Crippen LogP contribution in [-0.4, -0.2) is 62.9 Å². The summed E-state index contributed by atoms with van der Waals surface area (Å²) in [5, 5.41) is 0.0850. The second-order valence-electron chi connectivity index (χ2n) is 4.76. The molecule has 0 atom stereocenters. The van der Waals surface area contributed by atoms with Crippen molar-refractivity contribution in [2.75, 3.05) is 33.0 Å². The van der Waals surface area contributed by atoms with Gasteiger partial charge in [-0.3, -0.25) is 0 Å². The Balaban J connectivity index is 1.63. The van der Waals surface area contributed by atoms with Gasteiger partial charge < -0.3 is 18.9 Å². The molecule has 0 bridgehead atoms. The Bertz CT molecular complexity index is 689. The van der Waals surface area contributed by atoms with Crippen molar-refractivity contribution in [1.82, 2.24) is 29.9 Å². The van der Waals surface area contributed by atoms with E-state index in [1.807, 2.05) is 6.92 Å². The molecule has 142 valence electrons. The first-order valence-corrected chi connectivity index (χ1v) is 8.58. The van der Waals surface area contributed by atoms with E-state index in [9.17, 15) is 0 Å². The van der Waals surface area contributed by atoms with Crippen molar-refractivity contribution in [3.05, 3.63) is 16.4 Å². The van der Waals surface area contributed by atoms with Gasteiger partial charge in [0.1, 0.15) is 19.0 Å². The van der Waals surface area contributed by atoms with Crippen molar-refractivity contribution in [3.63, 3.8) is 0 Å². The highest BCUT2D eigenvalue weighted by Crippen LogP contribution is 2.13. The highest BCUT2D eigenvalue weighted by atomic mass is 35.5. The normalized spacial score (nSPS) is 10.6. The van der Waals surface area contributed by atoms with Crippen molar-refractivity contribution >= 4 is 23.2 Å². The third-order valence-corrected chi connectivity index (χ3v) is 2.96. The molecule has 0 saturated heterocycles. The first-order valence-electron chi connectivity index (χ1n) is 7.82. The molecule has 0 aliphatic heterocycles. The van der Waals surface area contributed by atoms with Gasteiger partial charge in [-0.15, -0.1) is 4.98 Å². The zero-order chi connectivity index (χ0) is 18.8. The van der Waals surface area contributed by atoms with E-state index in [0.29, 0.717) is 25.6 Å². The summed E-state index contributed by atoms with van der Waals surface area (Å²) >= 11 is 11.5. The van der Waals surface area contributed by atoms with Gasteiger partial charge in [0.05, 0.1) is 19.8 Å². The number of hydrogen-bond donors (Lipinski definition) is 0. The molecular weight excluding hydrogens is 387 g/mol. The van der Waals surface area contributed by atoms with E-state index in [2.05, 4.69) is 29.9 Å². The number of ether oxygens (including phenoxy) is 4. The summed E-state index contributed by atoms with van der Waals surface area (Å²) in [5.41, 5.74) is 0. The molecular formula is C14H18Cl2N6O4. The summed E-state index contributed by atoms with van der Waals surface area (Å²) in [4.78, 5) is 23.4. The van der Waals surface area contributed by atoms with Crippen LogP contribution in [0.4, 0.5) is 0 Å². The second-order valence-corrected chi connectivity index (χ2v) is 5.44. The number of hydrogen-bond acceptors (Lipinski definition) is 10. The number of nitrogens with zero attached hydrogens (tertiary/aromatic N) is 6. The molecule has 2 aromatic heterocycles. The van der Waals surface area contributed by atoms with Crippen molar-refractivity contribution in [2.24, 2.45) is 0 Å². The fraction of sp³-hybridized carbons (Fsp3) is 0.571. The fourth-order valence-electron chi connectivity index (χ4n) is 1.61. The summed E-state index contributed by atoms with van der Waals surface area (Å²) in [6.45, 7) is 5.24. The molecule has 0 amide bonds. The summed E-state index contributed by atoms with van der Waals surface area (Å²) in [7, 11) is 0. The molecule has 0 saturated carbocycles. The van der Waals surface area contributed by atoms with Crippen LogP contribution < -0.4 is 14.2 Å². The highest BCUT2D eigenvalue weighted by molar-refractivity contribution is 6.28. The van der Waals surface area contributed by atoms with Crippen LogP contribution in [0.1, 0.15) is 19.2 Å². The zero-order valence-corrected chi connectivity index (χ0v) is 15.8. The molecule has 2 heterocycles. The standard InChI is InChI=1S/C14H18Cl2N6O4/c1-3-4-24-13-20-11(16)21-14(22-13)26-8-6-23-5-7-25-12-18-9(2)17-10(15)19-12/h3-8H2,1-2H3. The molecule has 12 heteroatoms. The van der Waals surface area contributed by atoms with Crippen LogP contribution >= 0.6 is 23.2 Å². The van der Waals surface area contributed by atoms with Gasteiger partial charge in [-0.1, -0.05) is 6.92 Å². The molecule has 2 rings (SSSR count). The van der Waals surface area contributed by atoms with Gasteiger partial charge in [-0.05, 0) is 36.5 Å². The van der Waals surface area contributed by atoms with Crippen LogP contribution in [0.15, 0.2) is 0 Å². The number of rotatable bonds is 11. The molecule has 2 aromatic rings. The lowest BCUT2D eigenvalue weighted by atomic mass is 10.5. The minimum Gasteiger partial charge on any atom is -0.463 e. The van der Waals surface area contributed by atoms with Crippen LogP contribution in [0.25, 0.3) is 0 Å². The maximum absolute atomic E-state index is 5.79. The van der Waals surface area contributed by atoms with Gasteiger partial charge >= 0.3 is 18.0 Å². The number of aromatic nitrogens is 6. The van der Waals surface area contributed by atoms with Crippen LogP contribution in [0.3, 0.4) is 0 Å². The Hall–Kier alpha value is -2.04. The van der Waals surface area contributed by atoms with Crippen LogP contribution in [0.5, 0.6) is 18.0 Å². The quantitative estimate of drug-likeness (QED) is 0.514. The molecule has 10 nitrogen and oxygen atoms in total. The molecule has 26 heavy (non-hydrogen) atoms. The van der Waals surface area contributed by atoms with Gasteiger partial charge in [-0.2, -0.15) is 19.9 Å². The molecule has 0 N–H and O–H groups in total. The lowest BCUT2D eigenvalue weighted by Crippen LogP contribution is -2.14. The highest BCUT2D eigenvalue weighted by Gasteiger charge is 2.07. The Kier molecular flexibility index (Phi) is 8.45. The van der Waals surface area contributed by atoms with Gasteiger partial charge in [0.15, 0.2) is 0 Å². The third kappa shape index (κ3) is 7.46.